The average molecular weight is 265 g/mol. The Labute approximate surface area is 118 Å². The predicted octanol–water partition coefficient (Wildman–Crippen LogP) is 4.90. The Morgan fingerprint density at radius 3 is 2.60 bits per heavy atom. The molecule has 0 radical (unpaired) electrons. The van der Waals surface area contributed by atoms with Gasteiger partial charge in [0.25, 0.3) is 0 Å². The lowest BCUT2D eigenvalue weighted by atomic mass is 10.0. The van der Waals surface area contributed by atoms with Crippen LogP contribution in [0.4, 0.5) is 10.1 Å². The molecule has 0 heterocycles. The van der Waals surface area contributed by atoms with Crippen molar-refractivity contribution in [2.24, 2.45) is 0 Å². The van der Waals surface area contributed by atoms with Crippen molar-refractivity contribution in [3.8, 4) is 0 Å². The number of hydrogen-bond donors (Lipinski definition) is 1. The van der Waals surface area contributed by atoms with Crippen LogP contribution in [0.15, 0.2) is 60.7 Å². The molecule has 3 rings (SSSR count). The maximum Gasteiger partial charge on any atom is 0.125 e. The Kier molecular flexibility index (Phi) is 3.38. The largest absolute Gasteiger partial charge is 0.381 e. The maximum absolute atomic E-state index is 13.4. The summed E-state index contributed by atoms with van der Waals surface area (Å²) in [7, 11) is 0. The summed E-state index contributed by atoms with van der Waals surface area (Å²) in [6, 6.07) is 19.6. The highest BCUT2D eigenvalue weighted by Gasteiger charge is 2.01. The lowest BCUT2D eigenvalue weighted by Crippen LogP contribution is -2.00. The topological polar surface area (TPSA) is 12.0 Å². The lowest BCUT2D eigenvalue weighted by Gasteiger charge is -2.10. The van der Waals surface area contributed by atoms with E-state index in [4.69, 9.17) is 0 Å². The summed E-state index contributed by atoms with van der Waals surface area (Å²) in [5.41, 5.74) is 2.95. The van der Waals surface area contributed by atoms with Gasteiger partial charge in [0.15, 0.2) is 0 Å². The van der Waals surface area contributed by atoms with Crippen molar-refractivity contribution in [1.82, 2.24) is 0 Å². The molecule has 0 fully saturated rings. The Morgan fingerprint density at radius 1 is 0.950 bits per heavy atom. The third-order valence-corrected chi connectivity index (χ3v) is 3.41. The molecular formula is C18H16FN. The summed E-state index contributed by atoms with van der Waals surface area (Å²) in [6.07, 6.45) is 0. The lowest BCUT2D eigenvalue weighted by molar-refractivity contribution is 0.627. The molecule has 1 N–H and O–H groups in total. The highest BCUT2D eigenvalue weighted by atomic mass is 19.1. The smallest absolute Gasteiger partial charge is 0.125 e. The van der Waals surface area contributed by atoms with E-state index in [9.17, 15) is 4.39 Å². The standard InChI is InChI=1S/C18H16FN/c1-13-9-16(19)11-17(10-13)20-12-15-7-4-6-14-5-2-3-8-18(14)15/h2-11,20H,12H2,1H3. The molecule has 3 aromatic rings. The van der Waals surface area contributed by atoms with Crippen molar-refractivity contribution in [2.45, 2.75) is 13.5 Å². The van der Waals surface area contributed by atoms with Gasteiger partial charge in [-0.1, -0.05) is 42.5 Å². The number of benzene rings is 3. The number of rotatable bonds is 3. The first kappa shape index (κ1) is 12.7. The van der Waals surface area contributed by atoms with Crippen molar-refractivity contribution in [3.63, 3.8) is 0 Å². The highest BCUT2D eigenvalue weighted by molar-refractivity contribution is 5.85. The van der Waals surface area contributed by atoms with E-state index in [2.05, 4.69) is 35.6 Å². The van der Waals surface area contributed by atoms with Crippen molar-refractivity contribution in [3.05, 3.63) is 77.6 Å². The third kappa shape index (κ3) is 2.64. The number of fused-ring (bicyclic) bond motifs is 1. The molecule has 0 bridgehead atoms. The molecule has 0 aromatic heterocycles. The zero-order chi connectivity index (χ0) is 13.9. The molecule has 20 heavy (non-hydrogen) atoms. The quantitative estimate of drug-likeness (QED) is 0.710. The Hall–Kier alpha value is -2.35. The van der Waals surface area contributed by atoms with Gasteiger partial charge in [-0.15, -0.1) is 0 Å². The van der Waals surface area contributed by atoms with Crippen molar-refractivity contribution in [2.75, 3.05) is 5.32 Å². The van der Waals surface area contributed by atoms with Gasteiger partial charge in [-0.2, -0.15) is 0 Å². The highest BCUT2D eigenvalue weighted by Crippen LogP contribution is 2.20. The first-order chi connectivity index (χ1) is 9.72. The molecule has 0 saturated heterocycles. The zero-order valence-electron chi connectivity index (χ0n) is 11.4. The van der Waals surface area contributed by atoms with Crippen molar-refractivity contribution in [1.29, 1.82) is 0 Å². The zero-order valence-corrected chi connectivity index (χ0v) is 11.4. The summed E-state index contributed by atoms with van der Waals surface area (Å²) in [4.78, 5) is 0. The van der Waals surface area contributed by atoms with Gasteiger partial charge in [0.05, 0.1) is 0 Å². The SMILES string of the molecule is Cc1cc(F)cc(NCc2cccc3ccccc23)c1. The second-order valence-electron chi connectivity index (χ2n) is 5.01. The van der Waals surface area contributed by atoms with E-state index in [0.29, 0.717) is 6.54 Å². The van der Waals surface area contributed by atoms with Crippen LogP contribution in [-0.2, 0) is 6.54 Å². The second kappa shape index (κ2) is 5.33. The maximum atomic E-state index is 13.4. The van der Waals surface area contributed by atoms with E-state index in [1.54, 1.807) is 0 Å². The minimum Gasteiger partial charge on any atom is -0.381 e. The number of anilines is 1. The van der Waals surface area contributed by atoms with E-state index in [1.807, 2.05) is 25.1 Å². The molecular weight excluding hydrogens is 249 g/mol. The van der Waals surface area contributed by atoms with Gasteiger partial charge in [-0.25, -0.2) is 4.39 Å². The fraction of sp³-hybridized carbons (Fsp3) is 0.111. The Morgan fingerprint density at radius 2 is 1.75 bits per heavy atom. The molecule has 0 unspecified atom stereocenters. The first-order valence-electron chi connectivity index (χ1n) is 6.70. The Bertz CT molecular complexity index is 724. The molecule has 3 aromatic carbocycles. The summed E-state index contributed by atoms with van der Waals surface area (Å²) in [5, 5.41) is 5.75. The molecule has 0 aliphatic carbocycles. The summed E-state index contributed by atoms with van der Waals surface area (Å²) in [6.45, 7) is 2.58. The van der Waals surface area contributed by atoms with Crippen LogP contribution in [-0.4, -0.2) is 0 Å². The van der Waals surface area contributed by atoms with Crippen LogP contribution in [0.1, 0.15) is 11.1 Å². The molecule has 0 aliphatic rings. The summed E-state index contributed by atoms with van der Waals surface area (Å²) >= 11 is 0. The fourth-order valence-electron chi connectivity index (χ4n) is 2.48. The van der Waals surface area contributed by atoms with E-state index >= 15 is 0 Å². The van der Waals surface area contributed by atoms with Crippen LogP contribution in [0, 0.1) is 12.7 Å². The van der Waals surface area contributed by atoms with Gasteiger partial charge in [-0.3, -0.25) is 0 Å². The summed E-state index contributed by atoms with van der Waals surface area (Å²) < 4.78 is 13.4. The van der Waals surface area contributed by atoms with E-state index in [-0.39, 0.29) is 5.82 Å². The van der Waals surface area contributed by atoms with Gasteiger partial charge in [0, 0.05) is 12.2 Å². The Balaban J connectivity index is 1.87. The molecule has 0 aliphatic heterocycles. The molecule has 2 heteroatoms. The normalized spacial score (nSPS) is 10.7. The van der Waals surface area contributed by atoms with Crippen molar-refractivity contribution >= 4 is 16.5 Å². The monoisotopic (exact) mass is 265 g/mol. The molecule has 0 saturated carbocycles. The molecule has 0 spiro atoms. The predicted molar refractivity (Wildman–Crippen MR) is 82.4 cm³/mol. The first-order valence-corrected chi connectivity index (χ1v) is 6.70. The van der Waals surface area contributed by atoms with Crippen LogP contribution >= 0.6 is 0 Å². The fourth-order valence-corrected chi connectivity index (χ4v) is 2.48. The third-order valence-electron chi connectivity index (χ3n) is 3.41. The number of hydrogen-bond acceptors (Lipinski definition) is 1. The number of halogens is 1. The number of aryl methyl sites for hydroxylation is 1. The van der Waals surface area contributed by atoms with Crippen molar-refractivity contribution < 1.29 is 4.39 Å². The van der Waals surface area contributed by atoms with Gasteiger partial charge < -0.3 is 5.32 Å². The summed E-state index contributed by atoms with van der Waals surface area (Å²) in [5.74, 6) is -0.203. The second-order valence-corrected chi connectivity index (χ2v) is 5.01. The van der Waals surface area contributed by atoms with Gasteiger partial charge in [-0.05, 0) is 47.0 Å². The van der Waals surface area contributed by atoms with Crippen LogP contribution < -0.4 is 5.32 Å². The van der Waals surface area contributed by atoms with Gasteiger partial charge >= 0.3 is 0 Å². The van der Waals surface area contributed by atoms with Gasteiger partial charge in [0.1, 0.15) is 5.82 Å². The van der Waals surface area contributed by atoms with Crippen LogP contribution in [0.25, 0.3) is 10.8 Å². The van der Waals surface area contributed by atoms with E-state index < -0.39 is 0 Å². The number of nitrogens with one attached hydrogen (secondary N) is 1. The van der Waals surface area contributed by atoms with Gasteiger partial charge in [0.2, 0.25) is 0 Å². The van der Waals surface area contributed by atoms with E-state index in [0.717, 1.165) is 11.3 Å². The minimum atomic E-state index is -0.203. The minimum absolute atomic E-state index is 0.203. The molecule has 1 nitrogen and oxygen atoms in total. The molecule has 100 valence electrons. The van der Waals surface area contributed by atoms with Crippen LogP contribution in [0.3, 0.4) is 0 Å². The van der Waals surface area contributed by atoms with E-state index in [1.165, 1.54) is 28.5 Å². The van der Waals surface area contributed by atoms with Crippen LogP contribution in [0.2, 0.25) is 0 Å². The average Bonchev–Trinajstić information content (AvgIpc) is 2.44. The molecule has 0 atom stereocenters. The van der Waals surface area contributed by atoms with Crippen LogP contribution in [0.5, 0.6) is 0 Å². The molecule has 0 amide bonds.